The fourth-order valence-electron chi connectivity index (χ4n) is 2.91. The van der Waals surface area contributed by atoms with Crippen LogP contribution in [0.5, 0.6) is 5.75 Å². The number of ether oxygens (including phenoxy) is 1. The molecule has 1 aliphatic carbocycles. The highest BCUT2D eigenvalue weighted by Gasteiger charge is 2.39. The first-order valence-corrected chi connectivity index (χ1v) is 6.89. The van der Waals surface area contributed by atoms with Crippen LogP contribution < -0.4 is 4.74 Å². The maximum atomic E-state index is 12.7. The molecule has 2 nitrogen and oxygen atoms in total. The number of ketones is 1. The average Bonchev–Trinajstić information content (AvgIpc) is 2.87. The zero-order valence-corrected chi connectivity index (χ0v) is 11.7. The molecule has 0 atom stereocenters. The van der Waals surface area contributed by atoms with E-state index in [1.54, 1.807) is 19.2 Å². The molecular weight excluding hydrogens is 248 g/mol. The van der Waals surface area contributed by atoms with Gasteiger partial charge in [-0.2, -0.15) is 0 Å². The lowest BCUT2D eigenvalue weighted by molar-refractivity contribution is 0.0791. The van der Waals surface area contributed by atoms with Crippen molar-refractivity contribution in [2.45, 2.75) is 39.0 Å². The van der Waals surface area contributed by atoms with Crippen molar-refractivity contribution in [3.63, 3.8) is 0 Å². The molecule has 1 aliphatic rings. The summed E-state index contributed by atoms with van der Waals surface area (Å²) in [5.41, 5.74) is 0.558. The van der Waals surface area contributed by atoms with Crippen molar-refractivity contribution in [3.05, 3.63) is 28.8 Å². The lowest BCUT2D eigenvalue weighted by Crippen LogP contribution is -2.27. The first-order valence-electron chi connectivity index (χ1n) is 6.51. The summed E-state index contributed by atoms with van der Waals surface area (Å²) in [5.74, 6) is 0.859. The lowest BCUT2D eigenvalue weighted by atomic mass is 9.76. The Labute approximate surface area is 113 Å². The van der Waals surface area contributed by atoms with Crippen LogP contribution in [0.1, 0.15) is 49.4 Å². The van der Waals surface area contributed by atoms with E-state index in [0.29, 0.717) is 16.3 Å². The van der Waals surface area contributed by atoms with Crippen LogP contribution in [-0.4, -0.2) is 12.9 Å². The standard InChI is InChI=1S/C15H19ClO2/c1-3-15(8-4-5-9-15)14(17)11-6-7-13(18-2)12(16)10-11/h6-7,10H,3-5,8-9H2,1-2H3. The molecule has 1 saturated carbocycles. The van der Waals surface area contributed by atoms with Gasteiger partial charge in [0.05, 0.1) is 12.1 Å². The number of carbonyl (C=O) groups is 1. The highest BCUT2D eigenvalue weighted by molar-refractivity contribution is 6.32. The van der Waals surface area contributed by atoms with E-state index in [-0.39, 0.29) is 11.2 Å². The molecule has 1 aromatic carbocycles. The summed E-state index contributed by atoms with van der Waals surface area (Å²) >= 11 is 6.09. The van der Waals surface area contributed by atoms with Gasteiger partial charge in [-0.3, -0.25) is 4.79 Å². The third kappa shape index (κ3) is 2.26. The first-order chi connectivity index (χ1) is 8.63. The SMILES string of the molecule is CCC1(C(=O)c2ccc(OC)c(Cl)c2)CCCC1. The minimum atomic E-state index is -0.155. The van der Waals surface area contributed by atoms with Crippen LogP contribution in [0.25, 0.3) is 0 Å². The highest BCUT2D eigenvalue weighted by atomic mass is 35.5. The second-order valence-electron chi connectivity index (χ2n) is 5.02. The Kier molecular flexibility index (Phi) is 3.96. The van der Waals surface area contributed by atoms with Crippen LogP contribution in [0.3, 0.4) is 0 Å². The van der Waals surface area contributed by atoms with Crippen LogP contribution in [0, 0.1) is 5.41 Å². The summed E-state index contributed by atoms with van der Waals surface area (Å²) in [7, 11) is 1.58. The second-order valence-corrected chi connectivity index (χ2v) is 5.43. The van der Waals surface area contributed by atoms with E-state index in [4.69, 9.17) is 16.3 Å². The number of carbonyl (C=O) groups excluding carboxylic acids is 1. The van der Waals surface area contributed by atoms with Gasteiger partial charge >= 0.3 is 0 Å². The van der Waals surface area contributed by atoms with Crippen molar-refractivity contribution in [2.24, 2.45) is 5.41 Å². The van der Waals surface area contributed by atoms with Crippen molar-refractivity contribution in [1.29, 1.82) is 0 Å². The molecular formula is C15H19ClO2. The van der Waals surface area contributed by atoms with E-state index in [9.17, 15) is 4.79 Å². The van der Waals surface area contributed by atoms with E-state index in [2.05, 4.69) is 6.92 Å². The van der Waals surface area contributed by atoms with Gasteiger partial charge in [0.1, 0.15) is 5.75 Å². The highest BCUT2D eigenvalue weighted by Crippen LogP contribution is 2.44. The van der Waals surface area contributed by atoms with Crippen molar-refractivity contribution >= 4 is 17.4 Å². The Morgan fingerprint density at radius 2 is 2.06 bits per heavy atom. The summed E-state index contributed by atoms with van der Waals surface area (Å²) in [4.78, 5) is 12.7. The fraction of sp³-hybridized carbons (Fsp3) is 0.533. The van der Waals surface area contributed by atoms with Crippen LogP contribution in [-0.2, 0) is 0 Å². The molecule has 0 saturated heterocycles. The van der Waals surface area contributed by atoms with Gasteiger partial charge in [0.15, 0.2) is 5.78 Å². The van der Waals surface area contributed by atoms with Crippen molar-refractivity contribution in [1.82, 2.24) is 0 Å². The van der Waals surface area contributed by atoms with E-state index in [0.717, 1.165) is 32.1 Å². The number of benzene rings is 1. The number of Topliss-reactive ketones (excluding diaryl/α,β-unsaturated/α-hetero) is 1. The third-order valence-corrected chi connectivity index (χ3v) is 4.43. The fourth-order valence-corrected chi connectivity index (χ4v) is 3.16. The molecule has 0 spiro atoms. The van der Waals surface area contributed by atoms with Crippen LogP contribution >= 0.6 is 11.6 Å². The molecule has 0 unspecified atom stereocenters. The van der Waals surface area contributed by atoms with E-state index >= 15 is 0 Å². The smallest absolute Gasteiger partial charge is 0.169 e. The van der Waals surface area contributed by atoms with Crippen molar-refractivity contribution in [2.75, 3.05) is 7.11 Å². The molecule has 0 radical (unpaired) electrons. The predicted octanol–water partition coefficient (Wildman–Crippen LogP) is 4.50. The van der Waals surface area contributed by atoms with Gasteiger partial charge < -0.3 is 4.74 Å². The molecule has 1 fully saturated rings. The Morgan fingerprint density at radius 1 is 1.39 bits per heavy atom. The lowest BCUT2D eigenvalue weighted by Gasteiger charge is -2.25. The molecule has 0 bridgehead atoms. The monoisotopic (exact) mass is 266 g/mol. The molecule has 3 heteroatoms. The zero-order chi connectivity index (χ0) is 13.2. The number of hydrogen-bond donors (Lipinski definition) is 0. The van der Waals surface area contributed by atoms with Gasteiger partial charge in [-0.05, 0) is 37.5 Å². The molecule has 1 aromatic rings. The largest absolute Gasteiger partial charge is 0.495 e. The number of rotatable bonds is 4. The second kappa shape index (κ2) is 5.31. The summed E-state index contributed by atoms with van der Waals surface area (Å²) < 4.78 is 5.11. The van der Waals surface area contributed by atoms with E-state index in [1.807, 2.05) is 6.07 Å². The Hall–Kier alpha value is -1.02. The zero-order valence-electron chi connectivity index (χ0n) is 11.0. The number of methoxy groups -OCH3 is 1. The summed E-state index contributed by atoms with van der Waals surface area (Å²) in [6, 6.07) is 5.33. The Morgan fingerprint density at radius 3 is 2.56 bits per heavy atom. The van der Waals surface area contributed by atoms with Gasteiger partial charge in [-0.15, -0.1) is 0 Å². The Bertz CT molecular complexity index is 448. The number of halogens is 1. The minimum Gasteiger partial charge on any atom is -0.495 e. The van der Waals surface area contributed by atoms with Crippen molar-refractivity contribution < 1.29 is 9.53 Å². The first kappa shape index (κ1) is 13.4. The molecule has 18 heavy (non-hydrogen) atoms. The molecule has 98 valence electrons. The van der Waals surface area contributed by atoms with Gasteiger partial charge in [0.2, 0.25) is 0 Å². The molecule has 0 amide bonds. The number of hydrogen-bond acceptors (Lipinski definition) is 2. The van der Waals surface area contributed by atoms with Gasteiger partial charge in [0, 0.05) is 11.0 Å². The maximum Gasteiger partial charge on any atom is 0.169 e. The van der Waals surface area contributed by atoms with E-state index in [1.165, 1.54) is 0 Å². The minimum absolute atomic E-state index is 0.155. The molecule has 0 aliphatic heterocycles. The van der Waals surface area contributed by atoms with Crippen LogP contribution in [0.4, 0.5) is 0 Å². The third-order valence-electron chi connectivity index (χ3n) is 4.13. The quantitative estimate of drug-likeness (QED) is 0.750. The summed E-state index contributed by atoms with van der Waals surface area (Å²) in [6.07, 6.45) is 5.24. The van der Waals surface area contributed by atoms with Gasteiger partial charge in [-0.1, -0.05) is 31.4 Å². The predicted molar refractivity (Wildman–Crippen MR) is 73.5 cm³/mol. The average molecular weight is 267 g/mol. The van der Waals surface area contributed by atoms with Gasteiger partial charge in [0.25, 0.3) is 0 Å². The van der Waals surface area contributed by atoms with Gasteiger partial charge in [-0.25, -0.2) is 0 Å². The Balaban J connectivity index is 2.31. The van der Waals surface area contributed by atoms with Crippen molar-refractivity contribution in [3.8, 4) is 5.75 Å². The molecule has 0 aromatic heterocycles. The van der Waals surface area contributed by atoms with E-state index < -0.39 is 0 Å². The normalized spacial score (nSPS) is 17.7. The summed E-state index contributed by atoms with van der Waals surface area (Å²) in [5, 5.41) is 0.507. The molecule has 2 rings (SSSR count). The molecule has 0 heterocycles. The summed E-state index contributed by atoms with van der Waals surface area (Å²) in [6.45, 7) is 2.11. The topological polar surface area (TPSA) is 26.3 Å². The maximum absolute atomic E-state index is 12.7. The van der Waals surface area contributed by atoms with Crippen LogP contribution in [0.2, 0.25) is 5.02 Å². The van der Waals surface area contributed by atoms with Crippen LogP contribution in [0.15, 0.2) is 18.2 Å². The molecule has 0 N–H and O–H groups in total.